The van der Waals surface area contributed by atoms with Gasteiger partial charge in [0, 0.05) is 5.56 Å². The van der Waals surface area contributed by atoms with Gasteiger partial charge >= 0.3 is 0 Å². The van der Waals surface area contributed by atoms with Gasteiger partial charge in [-0.15, -0.1) is 0 Å². The van der Waals surface area contributed by atoms with Crippen molar-refractivity contribution in [1.29, 1.82) is 5.26 Å². The molecule has 5 nitrogen and oxygen atoms in total. The molecule has 2 aromatic rings. The highest BCUT2D eigenvalue weighted by Gasteiger charge is 2.25. The van der Waals surface area contributed by atoms with Gasteiger partial charge in [0.1, 0.15) is 24.5 Å². The van der Waals surface area contributed by atoms with Crippen LogP contribution in [0, 0.1) is 11.3 Å². The van der Waals surface area contributed by atoms with Gasteiger partial charge in [-0.1, -0.05) is 53.5 Å². The second kappa shape index (κ2) is 8.77. The van der Waals surface area contributed by atoms with Gasteiger partial charge in [-0.3, -0.25) is 4.79 Å². The maximum absolute atomic E-state index is 13.1. The zero-order valence-electron chi connectivity index (χ0n) is 12.9. The molecule has 1 aromatic carbocycles. The molecule has 0 spiro atoms. The SMILES string of the molecule is N#Cc1cccc(-c2ccc([C@@H](O)[C@@H](CF)NC(=O)C(Cl)Cl)cc2)n1. The summed E-state index contributed by atoms with van der Waals surface area (Å²) in [5.74, 6) is -0.779. The number of nitriles is 1. The van der Waals surface area contributed by atoms with E-state index in [9.17, 15) is 14.3 Å². The average molecular weight is 382 g/mol. The van der Waals surface area contributed by atoms with Gasteiger partial charge in [-0.2, -0.15) is 5.26 Å². The van der Waals surface area contributed by atoms with Gasteiger partial charge in [0.05, 0.1) is 11.7 Å². The molecule has 2 atom stereocenters. The molecule has 2 N–H and O–H groups in total. The molecule has 0 saturated carbocycles. The van der Waals surface area contributed by atoms with Crippen molar-refractivity contribution in [2.75, 3.05) is 6.67 Å². The second-order valence-electron chi connectivity index (χ2n) is 5.16. The Hall–Kier alpha value is -2.20. The molecule has 0 aliphatic heterocycles. The lowest BCUT2D eigenvalue weighted by Crippen LogP contribution is -2.43. The Balaban J connectivity index is 2.17. The van der Waals surface area contributed by atoms with Gasteiger partial charge in [0.2, 0.25) is 0 Å². The van der Waals surface area contributed by atoms with Crippen LogP contribution in [0.2, 0.25) is 0 Å². The predicted octanol–water partition coefficient (Wildman–Crippen LogP) is 2.91. The number of rotatable bonds is 6. The van der Waals surface area contributed by atoms with Crippen molar-refractivity contribution < 1.29 is 14.3 Å². The Morgan fingerprint density at radius 2 is 1.96 bits per heavy atom. The molecule has 0 unspecified atom stereocenters. The summed E-state index contributed by atoms with van der Waals surface area (Å²) in [4.78, 5) is 14.3. The number of alkyl halides is 3. The number of carbonyl (C=O) groups excluding carboxylic acids is 1. The number of nitrogens with zero attached hydrogens (tertiary/aromatic N) is 2. The predicted molar refractivity (Wildman–Crippen MR) is 92.7 cm³/mol. The topological polar surface area (TPSA) is 86.0 Å². The van der Waals surface area contributed by atoms with Crippen molar-refractivity contribution in [2.45, 2.75) is 17.0 Å². The summed E-state index contributed by atoms with van der Waals surface area (Å²) in [6, 6.07) is 12.4. The van der Waals surface area contributed by atoms with Crippen molar-refractivity contribution in [1.82, 2.24) is 10.3 Å². The van der Waals surface area contributed by atoms with Gasteiger partial charge in [-0.05, 0) is 17.7 Å². The first kappa shape index (κ1) is 19.1. The standard InChI is InChI=1S/C17H14Cl2FN3O2/c18-16(19)17(25)23-14(8-20)15(24)11-6-4-10(5-7-11)13-3-1-2-12(9-21)22-13/h1-7,14-16,24H,8H2,(H,23,25)/t14-,15-/m1/s1. The Kier molecular flexibility index (Phi) is 6.71. The molecule has 1 amide bonds. The van der Waals surface area contributed by atoms with Gasteiger partial charge in [0.15, 0.2) is 4.84 Å². The molecule has 0 radical (unpaired) electrons. The van der Waals surface area contributed by atoms with Crippen molar-refractivity contribution in [3.63, 3.8) is 0 Å². The van der Waals surface area contributed by atoms with Crippen LogP contribution in [0.15, 0.2) is 42.5 Å². The molecular formula is C17H14Cl2FN3O2. The van der Waals surface area contributed by atoms with Crippen LogP contribution in [-0.2, 0) is 4.79 Å². The first-order valence-corrected chi connectivity index (χ1v) is 8.13. The minimum absolute atomic E-state index is 0.290. The van der Waals surface area contributed by atoms with E-state index in [1.165, 1.54) is 0 Å². The number of aliphatic hydroxyl groups is 1. The first-order valence-electron chi connectivity index (χ1n) is 7.26. The zero-order chi connectivity index (χ0) is 18.4. The Morgan fingerprint density at radius 3 is 2.52 bits per heavy atom. The van der Waals surface area contributed by atoms with Gasteiger partial charge in [-0.25, -0.2) is 9.37 Å². The number of aromatic nitrogens is 1. The normalized spacial score (nSPS) is 13.1. The lowest BCUT2D eigenvalue weighted by Gasteiger charge is -2.22. The van der Waals surface area contributed by atoms with E-state index in [1.54, 1.807) is 42.5 Å². The number of hydrogen-bond donors (Lipinski definition) is 2. The molecule has 0 bridgehead atoms. The lowest BCUT2D eigenvalue weighted by atomic mass is 10.0. The van der Waals surface area contributed by atoms with E-state index in [-0.39, 0.29) is 0 Å². The fraction of sp³-hybridized carbons (Fsp3) is 0.235. The van der Waals surface area contributed by atoms with Crippen LogP contribution < -0.4 is 5.32 Å². The molecule has 0 aliphatic rings. The molecule has 130 valence electrons. The average Bonchev–Trinajstić information content (AvgIpc) is 2.65. The summed E-state index contributed by atoms with van der Waals surface area (Å²) >= 11 is 10.8. The fourth-order valence-corrected chi connectivity index (χ4v) is 2.31. The summed E-state index contributed by atoms with van der Waals surface area (Å²) in [7, 11) is 0. The number of amides is 1. The number of aliphatic hydroxyl groups excluding tert-OH is 1. The van der Waals surface area contributed by atoms with E-state index in [0.717, 1.165) is 5.56 Å². The zero-order valence-corrected chi connectivity index (χ0v) is 14.4. The van der Waals surface area contributed by atoms with Crippen LogP contribution in [-0.4, -0.2) is 33.6 Å². The molecule has 0 fully saturated rings. The van der Waals surface area contributed by atoms with Crippen LogP contribution >= 0.6 is 23.2 Å². The first-order chi connectivity index (χ1) is 12.0. The number of halogens is 3. The number of nitrogens with one attached hydrogen (secondary N) is 1. The van der Waals surface area contributed by atoms with E-state index >= 15 is 0 Å². The van der Waals surface area contributed by atoms with Crippen LogP contribution in [0.3, 0.4) is 0 Å². The minimum Gasteiger partial charge on any atom is -0.386 e. The quantitative estimate of drug-likeness (QED) is 0.753. The number of benzene rings is 1. The summed E-state index contributed by atoms with van der Waals surface area (Å²) in [6.07, 6.45) is -1.27. The Morgan fingerprint density at radius 1 is 1.28 bits per heavy atom. The Labute approximate surface area is 154 Å². The highest BCUT2D eigenvalue weighted by atomic mass is 35.5. The van der Waals surface area contributed by atoms with E-state index in [2.05, 4.69) is 10.3 Å². The molecule has 1 heterocycles. The maximum Gasteiger partial charge on any atom is 0.253 e. The number of pyridine rings is 1. The molecule has 25 heavy (non-hydrogen) atoms. The third-order valence-corrected chi connectivity index (χ3v) is 3.88. The number of carbonyl (C=O) groups is 1. The largest absolute Gasteiger partial charge is 0.386 e. The van der Waals surface area contributed by atoms with Gasteiger partial charge < -0.3 is 10.4 Å². The smallest absolute Gasteiger partial charge is 0.253 e. The summed E-state index contributed by atoms with van der Waals surface area (Å²) in [5.41, 5.74) is 2.03. The third-order valence-electron chi connectivity index (χ3n) is 3.48. The van der Waals surface area contributed by atoms with Crippen LogP contribution in [0.25, 0.3) is 11.3 Å². The molecule has 0 aliphatic carbocycles. The van der Waals surface area contributed by atoms with Gasteiger partial charge in [0.25, 0.3) is 5.91 Å². The van der Waals surface area contributed by atoms with E-state index in [0.29, 0.717) is 17.0 Å². The van der Waals surface area contributed by atoms with Crippen molar-refractivity contribution >= 4 is 29.1 Å². The minimum atomic E-state index is -1.35. The summed E-state index contributed by atoms with van der Waals surface area (Å²) in [5, 5.41) is 21.4. The van der Waals surface area contributed by atoms with Crippen LogP contribution in [0.4, 0.5) is 4.39 Å². The monoisotopic (exact) mass is 381 g/mol. The van der Waals surface area contributed by atoms with Crippen molar-refractivity contribution in [2.24, 2.45) is 0 Å². The van der Waals surface area contributed by atoms with Crippen LogP contribution in [0.5, 0.6) is 0 Å². The highest BCUT2D eigenvalue weighted by molar-refractivity contribution is 6.53. The molecular weight excluding hydrogens is 368 g/mol. The Bertz CT molecular complexity index is 778. The molecule has 2 rings (SSSR count). The van der Waals surface area contributed by atoms with E-state index in [4.69, 9.17) is 28.5 Å². The van der Waals surface area contributed by atoms with Crippen LogP contribution in [0.1, 0.15) is 17.4 Å². The highest BCUT2D eigenvalue weighted by Crippen LogP contribution is 2.23. The maximum atomic E-state index is 13.1. The fourth-order valence-electron chi connectivity index (χ4n) is 2.19. The van der Waals surface area contributed by atoms with E-state index < -0.39 is 29.6 Å². The summed E-state index contributed by atoms with van der Waals surface area (Å²) in [6.45, 7) is -0.985. The summed E-state index contributed by atoms with van der Waals surface area (Å²) < 4.78 is 13.1. The third kappa shape index (κ3) is 4.89. The van der Waals surface area contributed by atoms with E-state index in [1.807, 2.05) is 6.07 Å². The van der Waals surface area contributed by atoms with Crippen molar-refractivity contribution in [3.05, 3.63) is 53.7 Å². The molecule has 0 saturated heterocycles. The van der Waals surface area contributed by atoms with Crippen molar-refractivity contribution in [3.8, 4) is 17.3 Å². The number of hydrogen-bond acceptors (Lipinski definition) is 4. The molecule has 8 heteroatoms. The second-order valence-corrected chi connectivity index (χ2v) is 6.25. The molecule has 1 aromatic heterocycles. The lowest BCUT2D eigenvalue weighted by molar-refractivity contribution is -0.121.